The maximum atomic E-state index is 12.8. The molecule has 1 aromatic heterocycles. The van der Waals surface area contributed by atoms with E-state index in [-0.39, 0.29) is 5.82 Å². The highest BCUT2D eigenvalue weighted by Crippen LogP contribution is 2.25. The van der Waals surface area contributed by atoms with Crippen molar-refractivity contribution in [1.29, 1.82) is 0 Å². The Bertz CT molecular complexity index is 1190. The maximum Gasteiger partial charge on any atom is 0.295 e. The van der Waals surface area contributed by atoms with Gasteiger partial charge in [-0.25, -0.2) is 9.67 Å². The summed E-state index contributed by atoms with van der Waals surface area (Å²) in [5.74, 6) is 0.132. The van der Waals surface area contributed by atoms with Crippen molar-refractivity contribution in [3.8, 4) is 17.1 Å². The topological polar surface area (TPSA) is 59.8 Å². The van der Waals surface area contributed by atoms with E-state index in [1.54, 1.807) is 41.1 Å². The van der Waals surface area contributed by atoms with Crippen molar-refractivity contribution in [3.05, 3.63) is 94.2 Å². The van der Waals surface area contributed by atoms with Crippen LogP contribution in [0.2, 0.25) is 10.0 Å². The number of carbonyl (C=O) groups excluding carboxylic acids is 1. The molecule has 0 aliphatic carbocycles. The van der Waals surface area contributed by atoms with Gasteiger partial charge in [-0.2, -0.15) is 0 Å². The summed E-state index contributed by atoms with van der Waals surface area (Å²) in [5, 5.41) is 8.28. The monoisotopic (exact) mass is 422 g/mol. The second kappa shape index (κ2) is 8.07. The number of aryl methyl sites for hydroxylation is 1. The lowest BCUT2D eigenvalue weighted by Crippen LogP contribution is -2.14. The van der Waals surface area contributed by atoms with Gasteiger partial charge in [0, 0.05) is 10.6 Å². The lowest BCUT2D eigenvalue weighted by atomic mass is 10.2. The number of nitrogens with one attached hydrogen (secondary N) is 1. The number of hydrogen-bond donors (Lipinski definition) is 1. The Morgan fingerprint density at radius 3 is 2.45 bits per heavy atom. The van der Waals surface area contributed by atoms with E-state index in [4.69, 9.17) is 23.2 Å². The first-order chi connectivity index (χ1) is 14.0. The molecule has 0 aliphatic heterocycles. The molecule has 1 amide bonds. The molecule has 0 saturated heterocycles. The zero-order valence-electron chi connectivity index (χ0n) is 15.4. The molecule has 0 aliphatic rings. The Balaban J connectivity index is 1.78. The molecule has 4 aromatic rings. The predicted octanol–water partition coefficient (Wildman–Crippen LogP) is 5.80. The smallest absolute Gasteiger partial charge is 0.295 e. The van der Waals surface area contributed by atoms with Gasteiger partial charge in [-0.05, 0) is 61.0 Å². The van der Waals surface area contributed by atoms with Crippen molar-refractivity contribution < 1.29 is 4.79 Å². The Kier molecular flexibility index (Phi) is 5.34. The number of benzene rings is 3. The van der Waals surface area contributed by atoms with Crippen LogP contribution in [0.4, 0.5) is 5.69 Å². The molecule has 0 fully saturated rings. The van der Waals surface area contributed by atoms with Gasteiger partial charge >= 0.3 is 0 Å². The third-order valence-electron chi connectivity index (χ3n) is 4.28. The van der Waals surface area contributed by atoms with Crippen molar-refractivity contribution in [2.45, 2.75) is 6.92 Å². The first-order valence-electron chi connectivity index (χ1n) is 8.87. The van der Waals surface area contributed by atoms with Gasteiger partial charge in [-0.15, -0.1) is 5.10 Å². The first-order valence-corrected chi connectivity index (χ1v) is 9.63. The van der Waals surface area contributed by atoms with Crippen LogP contribution in [0.1, 0.15) is 16.2 Å². The Labute approximate surface area is 177 Å². The molecule has 144 valence electrons. The number of amides is 1. The molecule has 4 rings (SSSR count). The van der Waals surface area contributed by atoms with Crippen LogP contribution in [0.3, 0.4) is 0 Å². The van der Waals surface area contributed by atoms with Gasteiger partial charge < -0.3 is 5.32 Å². The second-order valence-electron chi connectivity index (χ2n) is 6.45. The number of nitrogens with zero attached hydrogens (tertiary/aromatic N) is 3. The number of carbonyl (C=O) groups is 1. The third-order valence-corrected chi connectivity index (χ3v) is 4.86. The fourth-order valence-corrected chi connectivity index (χ4v) is 3.18. The summed E-state index contributed by atoms with van der Waals surface area (Å²) in [6, 6.07) is 22.1. The highest BCUT2D eigenvalue weighted by molar-refractivity contribution is 6.33. The normalized spacial score (nSPS) is 10.7. The Morgan fingerprint density at radius 1 is 0.966 bits per heavy atom. The molecule has 1 N–H and O–H groups in total. The lowest BCUT2D eigenvalue weighted by Gasteiger charge is -2.07. The zero-order valence-corrected chi connectivity index (χ0v) is 16.9. The predicted molar refractivity (Wildman–Crippen MR) is 116 cm³/mol. The summed E-state index contributed by atoms with van der Waals surface area (Å²) in [4.78, 5) is 17.3. The molecule has 0 unspecified atom stereocenters. The SMILES string of the molecule is Cc1cccc(-n2nc(C(=O)Nc3ccccc3Cl)nc2-c2ccc(Cl)cc2)c1. The van der Waals surface area contributed by atoms with E-state index in [1.807, 2.05) is 43.3 Å². The summed E-state index contributed by atoms with van der Waals surface area (Å²) >= 11 is 12.2. The minimum atomic E-state index is -0.445. The average molecular weight is 423 g/mol. The second-order valence-corrected chi connectivity index (χ2v) is 7.29. The molecule has 0 bridgehead atoms. The molecule has 0 saturated carbocycles. The van der Waals surface area contributed by atoms with Gasteiger partial charge in [-0.3, -0.25) is 4.79 Å². The van der Waals surface area contributed by atoms with E-state index >= 15 is 0 Å². The molecule has 0 spiro atoms. The third kappa shape index (κ3) is 4.16. The van der Waals surface area contributed by atoms with E-state index < -0.39 is 5.91 Å². The summed E-state index contributed by atoms with van der Waals surface area (Å²) in [6.07, 6.45) is 0. The fourth-order valence-electron chi connectivity index (χ4n) is 2.87. The van der Waals surface area contributed by atoms with Crippen LogP contribution in [0.15, 0.2) is 72.8 Å². The largest absolute Gasteiger partial charge is 0.318 e. The van der Waals surface area contributed by atoms with E-state index in [9.17, 15) is 4.79 Å². The molecule has 1 heterocycles. The molecular formula is C22H16Cl2N4O. The van der Waals surface area contributed by atoms with Crippen molar-refractivity contribution in [2.24, 2.45) is 0 Å². The quantitative estimate of drug-likeness (QED) is 0.451. The van der Waals surface area contributed by atoms with Crippen LogP contribution >= 0.6 is 23.2 Å². The van der Waals surface area contributed by atoms with Gasteiger partial charge in [0.15, 0.2) is 5.82 Å². The highest BCUT2D eigenvalue weighted by Gasteiger charge is 2.19. The van der Waals surface area contributed by atoms with Crippen LogP contribution in [-0.4, -0.2) is 20.7 Å². The Hall–Kier alpha value is -3.15. The van der Waals surface area contributed by atoms with Gasteiger partial charge in [0.05, 0.1) is 16.4 Å². The number of halogens is 2. The van der Waals surface area contributed by atoms with Crippen LogP contribution < -0.4 is 5.32 Å². The van der Waals surface area contributed by atoms with E-state index in [2.05, 4.69) is 15.4 Å². The summed E-state index contributed by atoms with van der Waals surface area (Å²) in [6.45, 7) is 1.99. The summed E-state index contributed by atoms with van der Waals surface area (Å²) in [5.41, 5.74) is 3.17. The molecule has 7 heteroatoms. The fraction of sp³-hybridized carbons (Fsp3) is 0.0455. The minimum absolute atomic E-state index is 0.0383. The average Bonchev–Trinajstić information content (AvgIpc) is 3.16. The van der Waals surface area contributed by atoms with Crippen molar-refractivity contribution >= 4 is 34.8 Å². The van der Waals surface area contributed by atoms with Crippen molar-refractivity contribution in [3.63, 3.8) is 0 Å². The van der Waals surface area contributed by atoms with Crippen LogP contribution in [-0.2, 0) is 0 Å². The van der Waals surface area contributed by atoms with Crippen LogP contribution in [0, 0.1) is 6.92 Å². The van der Waals surface area contributed by atoms with Crippen LogP contribution in [0.25, 0.3) is 17.1 Å². The van der Waals surface area contributed by atoms with Gasteiger partial charge in [0.2, 0.25) is 5.82 Å². The van der Waals surface area contributed by atoms with Crippen molar-refractivity contribution in [1.82, 2.24) is 14.8 Å². The van der Waals surface area contributed by atoms with Crippen molar-refractivity contribution in [2.75, 3.05) is 5.32 Å². The molecular weight excluding hydrogens is 407 g/mol. The lowest BCUT2D eigenvalue weighted by molar-refractivity contribution is 0.101. The van der Waals surface area contributed by atoms with Gasteiger partial charge in [0.1, 0.15) is 0 Å². The summed E-state index contributed by atoms with van der Waals surface area (Å²) < 4.78 is 1.65. The number of hydrogen-bond acceptors (Lipinski definition) is 3. The number of aromatic nitrogens is 3. The summed E-state index contributed by atoms with van der Waals surface area (Å²) in [7, 11) is 0. The Morgan fingerprint density at radius 2 is 1.72 bits per heavy atom. The number of anilines is 1. The standard InChI is InChI=1S/C22H16Cl2N4O/c1-14-5-4-6-17(13-14)28-21(15-9-11-16(23)12-10-15)26-20(27-28)22(29)25-19-8-3-2-7-18(19)24/h2-13H,1H3,(H,25,29). The van der Waals surface area contributed by atoms with Gasteiger partial charge in [-0.1, -0.05) is 47.5 Å². The minimum Gasteiger partial charge on any atom is -0.318 e. The van der Waals surface area contributed by atoms with E-state index in [0.717, 1.165) is 16.8 Å². The number of rotatable bonds is 4. The first kappa shape index (κ1) is 19.2. The van der Waals surface area contributed by atoms with Crippen LogP contribution in [0.5, 0.6) is 0 Å². The maximum absolute atomic E-state index is 12.8. The van der Waals surface area contributed by atoms with E-state index in [1.165, 1.54) is 0 Å². The highest BCUT2D eigenvalue weighted by atomic mass is 35.5. The molecule has 0 radical (unpaired) electrons. The molecule has 29 heavy (non-hydrogen) atoms. The molecule has 3 aromatic carbocycles. The molecule has 5 nitrogen and oxygen atoms in total. The van der Waals surface area contributed by atoms with E-state index in [0.29, 0.717) is 21.6 Å². The van der Waals surface area contributed by atoms with Gasteiger partial charge in [0.25, 0.3) is 5.91 Å². The molecule has 0 atom stereocenters. The number of para-hydroxylation sites is 1. The zero-order chi connectivity index (χ0) is 20.4.